The van der Waals surface area contributed by atoms with Crippen LogP contribution < -0.4 is 5.32 Å². The van der Waals surface area contributed by atoms with E-state index in [9.17, 15) is 4.79 Å². The summed E-state index contributed by atoms with van der Waals surface area (Å²) in [6.07, 6.45) is 0.846. The number of nitrogens with zero attached hydrogens (tertiary/aromatic N) is 1. The summed E-state index contributed by atoms with van der Waals surface area (Å²) in [5.74, 6) is -0.159. The van der Waals surface area contributed by atoms with Crippen LogP contribution in [0, 0.1) is 0 Å². The second-order valence-corrected chi connectivity index (χ2v) is 6.92. The van der Waals surface area contributed by atoms with Crippen molar-refractivity contribution >= 4 is 34.1 Å². The number of carbonyl (C=O) groups excluding carboxylic acids is 1. The van der Waals surface area contributed by atoms with Crippen molar-refractivity contribution in [3.63, 3.8) is 0 Å². The highest BCUT2D eigenvalue weighted by Crippen LogP contribution is 2.30. The minimum atomic E-state index is -0.159. The van der Waals surface area contributed by atoms with Crippen LogP contribution in [0.1, 0.15) is 22.8 Å². The quantitative estimate of drug-likeness (QED) is 0.442. The van der Waals surface area contributed by atoms with Gasteiger partial charge >= 0.3 is 0 Å². The van der Waals surface area contributed by atoms with Crippen LogP contribution in [0.2, 0.25) is 5.02 Å². The normalized spacial score (nSPS) is 10.8. The van der Waals surface area contributed by atoms with Crippen LogP contribution in [0.25, 0.3) is 22.2 Å². The molecule has 4 heteroatoms. The fourth-order valence-electron chi connectivity index (χ4n) is 3.31. The Balaban J connectivity index is 1.83. The lowest BCUT2D eigenvalue weighted by atomic mass is 10.0. The first kappa shape index (κ1) is 18.2. The average molecular weight is 387 g/mol. The lowest BCUT2D eigenvalue weighted by molar-refractivity contribution is 0.102. The molecular weight excluding hydrogens is 368 g/mol. The molecule has 0 bridgehead atoms. The fourth-order valence-corrected chi connectivity index (χ4v) is 3.54. The van der Waals surface area contributed by atoms with E-state index >= 15 is 0 Å². The number of benzene rings is 3. The maximum atomic E-state index is 13.2. The van der Waals surface area contributed by atoms with Gasteiger partial charge in [0.2, 0.25) is 0 Å². The Bertz CT molecular complexity index is 1170. The van der Waals surface area contributed by atoms with Gasteiger partial charge in [-0.25, -0.2) is 4.98 Å². The van der Waals surface area contributed by atoms with Gasteiger partial charge in [0.1, 0.15) is 0 Å². The monoisotopic (exact) mass is 386 g/mol. The topological polar surface area (TPSA) is 42.0 Å². The summed E-state index contributed by atoms with van der Waals surface area (Å²) < 4.78 is 0. The van der Waals surface area contributed by atoms with Gasteiger partial charge in [0, 0.05) is 21.7 Å². The molecule has 1 N–H and O–H groups in total. The van der Waals surface area contributed by atoms with Gasteiger partial charge in [0.05, 0.1) is 16.8 Å². The van der Waals surface area contributed by atoms with E-state index in [1.165, 1.54) is 0 Å². The summed E-state index contributed by atoms with van der Waals surface area (Å²) in [5, 5.41) is 4.48. The number of rotatable bonds is 4. The van der Waals surface area contributed by atoms with Crippen molar-refractivity contribution in [3.05, 3.63) is 95.0 Å². The Labute approximate surface area is 169 Å². The number of aromatic nitrogens is 1. The van der Waals surface area contributed by atoms with Gasteiger partial charge in [-0.05, 0) is 36.2 Å². The van der Waals surface area contributed by atoms with E-state index in [2.05, 4.69) is 12.2 Å². The average Bonchev–Trinajstić information content (AvgIpc) is 2.73. The largest absolute Gasteiger partial charge is 0.322 e. The second kappa shape index (κ2) is 7.83. The summed E-state index contributed by atoms with van der Waals surface area (Å²) in [4.78, 5) is 17.9. The molecule has 0 saturated heterocycles. The molecule has 3 nitrogen and oxygen atoms in total. The smallest absolute Gasteiger partial charge is 0.256 e. The minimum Gasteiger partial charge on any atom is -0.322 e. The van der Waals surface area contributed by atoms with E-state index in [0.717, 1.165) is 34.1 Å². The van der Waals surface area contributed by atoms with E-state index in [1.807, 2.05) is 78.9 Å². The highest BCUT2D eigenvalue weighted by atomic mass is 35.5. The van der Waals surface area contributed by atoms with Crippen molar-refractivity contribution in [3.8, 4) is 11.3 Å². The Kier molecular flexibility index (Phi) is 5.09. The molecule has 0 saturated carbocycles. The standard InChI is InChI=1S/C24H19ClN2O/c1-2-16-9-3-7-13-21(16)27-24(28)19-15-23(18-11-4-6-12-20(18)25)26-22-14-8-5-10-17(19)22/h3-15H,2H2,1H3,(H,27,28). The predicted molar refractivity (Wildman–Crippen MR) is 116 cm³/mol. The number of aryl methyl sites for hydroxylation is 1. The summed E-state index contributed by atoms with van der Waals surface area (Å²) in [7, 11) is 0. The van der Waals surface area contributed by atoms with Gasteiger partial charge < -0.3 is 5.32 Å². The molecule has 1 heterocycles. The van der Waals surface area contributed by atoms with Crippen LogP contribution in [0.3, 0.4) is 0 Å². The first-order valence-corrected chi connectivity index (χ1v) is 9.59. The zero-order valence-corrected chi connectivity index (χ0v) is 16.2. The van der Waals surface area contributed by atoms with E-state index in [0.29, 0.717) is 16.3 Å². The van der Waals surface area contributed by atoms with Gasteiger partial charge in [0.15, 0.2) is 0 Å². The van der Waals surface area contributed by atoms with Crippen molar-refractivity contribution in [2.75, 3.05) is 5.32 Å². The van der Waals surface area contributed by atoms with Gasteiger partial charge in [-0.1, -0.05) is 73.1 Å². The predicted octanol–water partition coefficient (Wildman–Crippen LogP) is 6.37. The van der Waals surface area contributed by atoms with Gasteiger partial charge in [-0.2, -0.15) is 0 Å². The first-order valence-electron chi connectivity index (χ1n) is 9.21. The summed E-state index contributed by atoms with van der Waals surface area (Å²) in [6.45, 7) is 2.07. The Morgan fingerprint density at radius 3 is 2.50 bits per heavy atom. The summed E-state index contributed by atoms with van der Waals surface area (Å²) in [6, 6.07) is 24.8. The van der Waals surface area contributed by atoms with Crippen molar-refractivity contribution < 1.29 is 4.79 Å². The summed E-state index contributed by atoms with van der Waals surface area (Å²) in [5.41, 5.74) is 4.74. The number of carbonyl (C=O) groups is 1. The number of nitrogens with one attached hydrogen (secondary N) is 1. The molecule has 1 amide bonds. The highest BCUT2D eigenvalue weighted by Gasteiger charge is 2.16. The third-order valence-electron chi connectivity index (χ3n) is 4.76. The van der Waals surface area contributed by atoms with Crippen molar-refractivity contribution in [2.24, 2.45) is 0 Å². The van der Waals surface area contributed by atoms with Crippen LogP contribution in [0.4, 0.5) is 5.69 Å². The maximum Gasteiger partial charge on any atom is 0.256 e. The number of hydrogen-bond acceptors (Lipinski definition) is 2. The number of hydrogen-bond donors (Lipinski definition) is 1. The van der Waals surface area contributed by atoms with Crippen LogP contribution in [-0.2, 0) is 6.42 Å². The van der Waals surface area contributed by atoms with Gasteiger partial charge in [0.25, 0.3) is 5.91 Å². The molecule has 0 radical (unpaired) electrons. The number of para-hydroxylation sites is 2. The molecule has 0 aliphatic rings. The highest BCUT2D eigenvalue weighted by molar-refractivity contribution is 6.33. The SMILES string of the molecule is CCc1ccccc1NC(=O)c1cc(-c2ccccc2Cl)nc2ccccc12. The molecule has 3 aromatic carbocycles. The number of halogens is 1. The molecule has 0 atom stereocenters. The molecule has 0 aliphatic heterocycles. The van der Waals surface area contributed by atoms with E-state index in [-0.39, 0.29) is 5.91 Å². The Morgan fingerprint density at radius 2 is 1.68 bits per heavy atom. The third-order valence-corrected chi connectivity index (χ3v) is 5.09. The van der Waals surface area contributed by atoms with E-state index in [4.69, 9.17) is 16.6 Å². The molecule has 138 valence electrons. The third kappa shape index (κ3) is 3.49. The molecule has 0 unspecified atom stereocenters. The zero-order valence-electron chi connectivity index (χ0n) is 15.4. The van der Waals surface area contributed by atoms with Crippen molar-refractivity contribution in [1.82, 2.24) is 4.98 Å². The number of pyridine rings is 1. The molecule has 0 spiro atoms. The number of amides is 1. The van der Waals surface area contributed by atoms with Crippen LogP contribution in [0.5, 0.6) is 0 Å². The lowest BCUT2D eigenvalue weighted by Crippen LogP contribution is -2.14. The minimum absolute atomic E-state index is 0.159. The molecule has 28 heavy (non-hydrogen) atoms. The maximum absolute atomic E-state index is 13.2. The molecule has 0 aliphatic carbocycles. The molecule has 4 rings (SSSR count). The summed E-state index contributed by atoms with van der Waals surface area (Å²) >= 11 is 6.37. The Morgan fingerprint density at radius 1 is 0.964 bits per heavy atom. The van der Waals surface area contributed by atoms with Gasteiger partial charge in [-0.3, -0.25) is 4.79 Å². The zero-order chi connectivity index (χ0) is 19.5. The lowest BCUT2D eigenvalue weighted by Gasteiger charge is -2.13. The van der Waals surface area contributed by atoms with Crippen LogP contribution >= 0.6 is 11.6 Å². The number of anilines is 1. The second-order valence-electron chi connectivity index (χ2n) is 6.52. The van der Waals surface area contributed by atoms with Crippen molar-refractivity contribution in [1.29, 1.82) is 0 Å². The molecule has 1 aromatic heterocycles. The van der Waals surface area contributed by atoms with Crippen LogP contribution in [0.15, 0.2) is 78.9 Å². The van der Waals surface area contributed by atoms with Crippen LogP contribution in [-0.4, -0.2) is 10.9 Å². The van der Waals surface area contributed by atoms with Crippen molar-refractivity contribution in [2.45, 2.75) is 13.3 Å². The van der Waals surface area contributed by atoms with E-state index in [1.54, 1.807) is 0 Å². The first-order chi connectivity index (χ1) is 13.7. The number of fused-ring (bicyclic) bond motifs is 1. The van der Waals surface area contributed by atoms with Gasteiger partial charge in [-0.15, -0.1) is 0 Å². The Hall–Kier alpha value is -3.17. The fraction of sp³-hybridized carbons (Fsp3) is 0.0833. The molecule has 0 fully saturated rings. The molecular formula is C24H19ClN2O. The molecule has 4 aromatic rings. The van der Waals surface area contributed by atoms with E-state index < -0.39 is 0 Å².